The van der Waals surface area contributed by atoms with Crippen molar-refractivity contribution in [1.82, 2.24) is 9.80 Å². The number of hydrogen-bond acceptors (Lipinski definition) is 2. The van der Waals surface area contributed by atoms with Crippen molar-refractivity contribution in [3.63, 3.8) is 0 Å². The van der Waals surface area contributed by atoms with Crippen LogP contribution in [0.5, 0.6) is 0 Å². The molecule has 0 spiro atoms. The molecule has 1 aromatic rings. The standard InChI is InChI=1S/C15H20N2O2/c1-3-14-10-16(9-13-7-5-4-6-8-13)15(19)11-17(14)12(2)18/h4-8,14H,3,9-11H2,1-2H3. The Hall–Kier alpha value is -1.84. The van der Waals surface area contributed by atoms with Gasteiger partial charge in [0, 0.05) is 26.1 Å². The first-order valence-corrected chi connectivity index (χ1v) is 6.70. The van der Waals surface area contributed by atoms with E-state index in [0.29, 0.717) is 13.1 Å². The van der Waals surface area contributed by atoms with Crippen molar-refractivity contribution >= 4 is 11.8 Å². The molecular formula is C15H20N2O2. The highest BCUT2D eigenvalue weighted by Crippen LogP contribution is 2.16. The Morgan fingerprint density at radius 3 is 2.58 bits per heavy atom. The Kier molecular flexibility index (Phi) is 4.20. The number of rotatable bonds is 3. The van der Waals surface area contributed by atoms with Crippen molar-refractivity contribution in [1.29, 1.82) is 0 Å². The van der Waals surface area contributed by atoms with Crippen LogP contribution in [0.4, 0.5) is 0 Å². The van der Waals surface area contributed by atoms with Gasteiger partial charge in [0.25, 0.3) is 0 Å². The van der Waals surface area contributed by atoms with Crippen LogP contribution in [-0.4, -0.2) is 40.7 Å². The molecule has 102 valence electrons. The normalized spacial score (nSPS) is 19.7. The molecule has 0 aromatic heterocycles. The van der Waals surface area contributed by atoms with Gasteiger partial charge >= 0.3 is 0 Å². The van der Waals surface area contributed by atoms with Gasteiger partial charge in [-0.15, -0.1) is 0 Å². The molecule has 19 heavy (non-hydrogen) atoms. The number of benzene rings is 1. The van der Waals surface area contributed by atoms with E-state index in [1.807, 2.05) is 35.2 Å². The third-order valence-corrected chi connectivity index (χ3v) is 3.62. The fourth-order valence-corrected chi connectivity index (χ4v) is 2.50. The topological polar surface area (TPSA) is 40.6 Å². The van der Waals surface area contributed by atoms with Crippen molar-refractivity contribution in [3.05, 3.63) is 35.9 Å². The lowest BCUT2D eigenvalue weighted by Gasteiger charge is -2.40. The second-order valence-corrected chi connectivity index (χ2v) is 4.97. The molecule has 4 heteroatoms. The van der Waals surface area contributed by atoms with E-state index in [4.69, 9.17) is 0 Å². The van der Waals surface area contributed by atoms with Crippen molar-refractivity contribution in [2.45, 2.75) is 32.9 Å². The third-order valence-electron chi connectivity index (χ3n) is 3.62. The van der Waals surface area contributed by atoms with E-state index in [1.54, 1.807) is 4.90 Å². The van der Waals surface area contributed by atoms with Crippen molar-refractivity contribution in [2.75, 3.05) is 13.1 Å². The van der Waals surface area contributed by atoms with Gasteiger partial charge < -0.3 is 9.80 Å². The molecule has 4 nitrogen and oxygen atoms in total. The minimum Gasteiger partial charge on any atom is -0.335 e. The first-order chi connectivity index (χ1) is 9.11. The van der Waals surface area contributed by atoms with Crippen LogP contribution in [0.1, 0.15) is 25.8 Å². The molecule has 2 amide bonds. The molecule has 1 heterocycles. The Morgan fingerprint density at radius 1 is 1.32 bits per heavy atom. The van der Waals surface area contributed by atoms with E-state index >= 15 is 0 Å². The number of nitrogens with zero attached hydrogens (tertiary/aromatic N) is 2. The summed E-state index contributed by atoms with van der Waals surface area (Å²) in [5, 5.41) is 0. The molecule has 1 saturated heterocycles. The zero-order valence-corrected chi connectivity index (χ0v) is 11.5. The summed E-state index contributed by atoms with van der Waals surface area (Å²) in [7, 11) is 0. The average Bonchev–Trinajstić information content (AvgIpc) is 2.41. The molecule has 0 aliphatic carbocycles. The second kappa shape index (κ2) is 5.87. The minimum atomic E-state index is -0.0143. The first-order valence-electron chi connectivity index (χ1n) is 6.70. The Morgan fingerprint density at radius 2 is 2.00 bits per heavy atom. The highest BCUT2D eigenvalue weighted by molar-refractivity contribution is 5.85. The Bertz CT molecular complexity index is 458. The number of hydrogen-bond donors (Lipinski definition) is 0. The summed E-state index contributed by atoms with van der Waals surface area (Å²) in [6.07, 6.45) is 0.873. The molecule has 1 aromatic carbocycles. The fraction of sp³-hybridized carbons (Fsp3) is 0.467. The summed E-state index contributed by atoms with van der Waals surface area (Å²) >= 11 is 0. The van der Waals surface area contributed by atoms with Crippen LogP contribution in [0.2, 0.25) is 0 Å². The van der Waals surface area contributed by atoms with E-state index in [1.165, 1.54) is 6.92 Å². The highest BCUT2D eigenvalue weighted by Gasteiger charge is 2.32. The molecule has 1 fully saturated rings. The molecule has 0 saturated carbocycles. The maximum Gasteiger partial charge on any atom is 0.242 e. The summed E-state index contributed by atoms with van der Waals surface area (Å²) in [5.41, 5.74) is 1.13. The van der Waals surface area contributed by atoms with Gasteiger partial charge in [0.15, 0.2) is 0 Å². The first kappa shape index (κ1) is 13.6. The van der Waals surface area contributed by atoms with Crippen LogP contribution < -0.4 is 0 Å². The quantitative estimate of drug-likeness (QED) is 0.829. The maximum absolute atomic E-state index is 12.1. The number of amides is 2. The molecule has 1 aliphatic heterocycles. The summed E-state index contributed by atoms with van der Waals surface area (Å²) in [5.74, 6) is 0.0170. The second-order valence-electron chi connectivity index (χ2n) is 4.97. The third kappa shape index (κ3) is 3.13. The zero-order valence-electron chi connectivity index (χ0n) is 11.5. The van der Waals surface area contributed by atoms with Crippen molar-refractivity contribution < 1.29 is 9.59 Å². The van der Waals surface area contributed by atoms with E-state index < -0.39 is 0 Å². The van der Waals surface area contributed by atoms with Gasteiger partial charge in [0.1, 0.15) is 6.54 Å². The van der Waals surface area contributed by atoms with Crippen LogP contribution in [-0.2, 0) is 16.1 Å². The molecule has 0 radical (unpaired) electrons. The molecule has 1 unspecified atom stereocenters. The lowest BCUT2D eigenvalue weighted by molar-refractivity contribution is -0.148. The summed E-state index contributed by atoms with van der Waals surface area (Å²) in [6, 6.07) is 10.1. The Balaban J connectivity index is 2.07. The predicted molar refractivity (Wildman–Crippen MR) is 73.3 cm³/mol. The van der Waals surface area contributed by atoms with E-state index in [-0.39, 0.29) is 24.4 Å². The van der Waals surface area contributed by atoms with Crippen LogP contribution in [0.15, 0.2) is 30.3 Å². The molecule has 2 rings (SSSR count). The zero-order chi connectivity index (χ0) is 13.8. The Labute approximate surface area is 114 Å². The van der Waals surface area contributed by atoms with Crippen LogP contribution in [0, 0.1) is 0 Å². The largest absolute Gasteiger partial charge is 0.335 e. The monoisotopic (exact) mass is 260 g/mol. The molecule has 1 atom stereocenters. The summed E-state index contributed by atoms with van der Waals surface area (Å²) < 4.78 is 0. The smallest absolute Gasteiger partial charge is 0.242 e. The van der Waals surface area contributed by atoms with E-state index in [9.17, 15) is 9.59 Å². The van der Waals surface area contributed by atoms with E-state index in [2.05, 4.69) is 6.92 Å². The van der Waals surface area contributed by atoms with Gasteiger partial charge in [-0.3, -0.25) is 9.59 Å². The molecule has 0 N–H and O–H groups in total. The maximum atomic E-state index is 12.1. The highest BCUT2D eigenvalue weighted by atomic mass is 16.2. The lowest BCUT2D eigenvalue weighted by atomic mass is 10.1. The van der Waals surface area contributed by atoms with Gasteiger partial charge in [-0.2, -0.15) is 0 Å². The predicted octanol–water partition coefficient (Wildman–Crippen LogP) is 1.66. The lowest BCUT2D eigenvalue weighted by Crippen LogP contribution is -2.56. The van der Waals surface area contributed by atoms with Gasteiger partial charge in [0.05, 0.1) is 0 Å². The minimum absolute atomic E-state index is 0.0143. The van der Waals surface area contributed by atoms with Gasteiger partial charge in [-0.1, -0.05) is 37.3 Å². The summed E-state index contributed by atoms with van der Waals surface area (Å²) in [6.45, 7) is 5.05. The van der Waals surface area contributed by atoms with Gasteiger partial charge in [-0.25, -0.2) is 0 Å². The number of carbonyl (C=O) groups excluding carboxylic acids is 2. The van der Waals surface area contributed by atoms with E-state index in [0.717, 1.165) is 12.0 Å². The molecule has 1 aliphatic rings. The van der Waals surface area contributed by atoms with Crippen molar-refractivity contribution in [3.8, 4) is 0 Å². The average molecular weight is 260 g/mol. The van der Waals surface area contributed by atoms with Gasteiger partial charge in [-0.05, 0) is 12.0 Å². The molecular weight excluding hydrogens is 240 g/mol. The fourth-order valence-electron chi connectivity index (χ4n) is 2.50. The van der Waals surface area contributed by atoms with Crippen LogP contribution >= 0.6 is 0 Å². The molecule has 0 bridgehead atoms. The SMILES string of the molecule is CCC1CN(Cc2ccccc2)C(=O)CN1C(C)=O. The summed E-state index contributed by atoms with van der Waals surface area (Å²) in [4.78, 5) is 27.2. The number of piperazine rings is 1. The number of carbonyl (C=O) groups is 2. The van der Waals surface area contributed by atoms with Gasteiger partial charge in [0.2, 0.25) is 11.8 Å². The van der Waals surface area contributed by atoms with Crippen LogP contribution in [0.3, 0.4) is 0 Å². The van der Waals surface area contributed by atoms with Crippen molar-refractivity contribution in [2.24, 2.45) is 0 Å². The van der Waals surface area contributed by atoms with Crippen LogP contribution in [0.25, 0.3) is 0 Å².